The second-order valence-corrected chi connectivity index (χ2v) is 24.2. The highest BCUT2D eigenvalue weighted by Gasteiger charge is 2.19. The molecule has 498 valence electrons. The van der Waals surface area contributed by atoms with Gasteiger partial charge in [0.25, 0.3) is 0 Å². The van der Waals surface area contributed by atoms with Crippen LogP contribution in [0.25, 0.3) is 40.5 Å². The Morgan fingerprint density at radius 1 is 0.165 bits per heavy atom. The van der Waals surface area contributed by atoms with Crippen LogP contribution in [0.15, 0.2) is 420 Å². The van der Waals surface area contributed by atoms with Crippen LogP contribution in [0.3, 0.4) is 0 Å². The van der Waals surface area contributed by atoms with Crippen LogP contribution < -0.4 is 24.5 Å². The maximum atomic E-state index is 14.2. The molecule has 15 aromatic carbocycles. The first-order valence-electron chi connectivity index (χ1n) is 34.2. The van der Waals surface area contributed by atoms with Gasteiger partial charge in [0.2, 0.25) is 0 Å². The molecule has 0 saturated carbocycles. The predicted octanol–water partition coefficient (Wildman–Crippen LogP) is 28.0. The van der Waals surface area contributed by atoms with Gasteiger partial charge in [-0.3, -0.25) is 0 Å². The van der Waals surface area contributed by atoms with Gasteiger partial charge >= 0.3 is 0 Å². The highest BCUT2D eigenvalue weighted by molar-refractivity contribution is 5.84. The lowest BCUT2D eigenvalue weighted by molar-refractivity contribution is 0.627. The molecule has 0 aliphatic heterocycles. The number of benzene rings is 15. The summed E-state index contributed by atoms with van der Waals surface area (Å²) in [6, 6.07) is 134. The highest BCUT2D eigenvalue weighted by atomic mass is 19.1. The summed E-state index contributed by atoms with van der Waals surface area (Å²) in [6.07, 6.45) is 5.53. The second kappa shape index (κ2) is 33.3. The van der Waals surface area contributed by atoms with Crippen molar-refractivity contribution < 1.29 is 8.78 Å². The van der Waals surface area contributed by atoms with E-state index >= 15 is 0 Å². The van der Waals surface area contributed by atoms with Crippen molar-refractivity contribution >= 4 is 104 Å². The maximum Gasteiger partial charge on any atom is 0.125 e. The summed E-state index contributed by atoms with van der Waals surface area (Å²) < 4.78 is 28.4. The van der Waals surface area contributed by atoms with E-state index in [9.17, 15) is 8.78 Å². The van der Waals surface area contributed by atoms with Gasteiger partial charge in [0.1, 0.15) is 11.6 Å². The quantitative estimate of drug-likeness (QED) is 0.0754. The van der Waals surface area contributed by atoms with Crippen molar-refractivity contribution in [3.8, 4) is 22.3 Å². The first-order valence-corrected chi connectivity index (χ1v) is 34.2. The van der Waals surface area contributed by atoms with E-state index in [2.05, 4.69) is 289 Å². The minimum atomic E-state index is -0.292. The third kappa shape index (κ3) is 16.8. The number of nitrogens with zero attached hydrogens (tertiary/aromatic N) is 5. The molecule has 0 spiro atoms. The van der Waals surface area contributed by atoms with Gasteiger partial charge < -0.3 is 24.5 Å². The molecule has 0 unspecified atom stereocenters. The summed E-state index contributed by atoms with van der Waals surface area (Å²) in [7, 11) is 0. The van der Waals surface area contributed by atoms with E-state index in [0.29, 0.717) is 0 Å². The standard InChI is InChI=1S/C38H28F2N2.C38H30N2.C20H17N/c1-2-28-14-20-34(21-15-28)42(38-13-7-9-32(40)27-38)36-24-18-30(19-25-36)29-16-22-35(23-17-29)41(33-10-4-3-5-11-33)37-12-6-8-31(39)26-37;1-2-30-18-24-36(25-19-30)40(35-16-10-5-11-17-35)38-28-22-32(23-29-38)31-20-26-37(27-21-31)39(33-12-6-3-7-13-33)34-14-8-4-9-15-34;1-2-17-13-15-20(16-14-17)21(18-9-5-3-6-10-18)19-11-7-4-8-12-19/h2-27H,1H2;2-29H,1H2;2-16H,1H2. The molecule has 0 aliphatic carbocycles. The van der Waals surface area contributed by atoms with Crippen LogP contribution in [0, 0.1) is 11.6 Å². The predicted molar refractivity (Wildman–Crippen MR) is 434 cm³/mol. The third-order valence-electron chi connectivity index (χ3n) is 17.5. The lowest BCUT2D eigenvalue weighted by Gasteiger charge is -2.26. The van der Waals surface area contributed by atoms with Gasteiger partial charge in [-0.25, -0.2) is 8.78 Å². The topological polar surface area (TPSA) is 16.2 Å². The summed E-state index contributed by atoms with van der Waals surface area (Å²) >= 11 is 0. The van der Waals surface area contributed by atoms with E-state index in [-0.39, 0.29) is 11.6 Å². The average Bonchev–Trinajstić information content (AvgIpc) is 0.817. The molecule has 0 aromatic heterocycles. The number of halogens is 2. The van der Waals surface area contributed by atoms with E-state index in [1.165, 1.54) is 35.4 Å². The third-order valence-corrected chi connectivity index (χ3v) is 17.5. The van der Waals surface area contributed by atoms with Crippen LogP contribution in [0.4, 0.5) is 94.1 Å². The van der Waals surface area contributed by atoms with Crippen LogP contribution in [-0.4, -0.2) is 0 Å². The fourth-order valence-electron chi connectivity index (χ4n) is 12.4. The van der Waals surface area contributed by atoms with Crippen LogP contribution in [0.2, 0.25) is 0 Å². The van der Waals surface area contributed by atoms with Crippen LogP contribution >= 0.6 is 0 Å². The Kier molecular flexibility index (Phi) is 22.0. The SMILES string of the molecule is C=Cc1ccc(N(c2ccc(-c3ccc(N(c4ccccc4)c4cccc(F)c4)cc3)cc2)c2cccc(F)c2)cc1.C=Cc1ccc(N(c2ccccc2)c2ccc(-c3ccc(N(c4ccccc4)c4ccccc4)cc3)cc2)cc1.C=Cc1ccc(N(c2ccccc2)c2ccccc2)cc1. The van der Waals surface area contributed by atoms with Crippen molar-refractivity contribution in [2.24, 2.45) is 0 Å². The first kappa shape index (κ1) is 67.9. The van der Waals surface area contributed by atoms with Gasteiger partial charge in [-0.1, -0.05) is 244 Å². The first-order chi connectivity index (χ1) is 50.8. The number of hydrogen-bond donors (Lipinski definition) is 0. The van der Waals surface area contributed by atoms with E-state index in [4.69, 9.17) is 0 Å². The van der Waals surface area contributed by atoms with Gasteiger partial charge in [-0.05, 0) is 233 Å². The van der Waals surface area contributed by atoms with E-state index < -0.39 is 0 Å². The molecule has 15 aromatic rings. The largest absolute Gasteiger partial charge is 0.311 e. The van der Waals surface area contributed by atoms with Gasteiger partial charge in [-0.15, -0.1) is 0 Å². The highest BCUT2D eigenvalue weighted by Crippen LogP contribution is 2.42. The normalized spacial score (nSPS) is 10.5. The van der Waals surface area contributed by atoms with E-state index in [1.54, 1.807) is 18.2 Å². The zero-order chi connectivity index (χ0) is 70.5. The number of anilines is 15. The molecule has 0 fully saturated rings. The summed E-state index contributed by atoms with van der Waals surface area (Å²) in [5.41, 5.74) is 23.0. The summed E-state index contributed by atoms with van der Waals surface area (Å²) in [5, 5.41) is 0. The van der Waals surface area contributed by atoms with Crippen molar-refractivity contribution in [1.82, 2.24) is 0 Å². The number of para-hydroxylation sites is 6. The molecule has 0 N–H and O–H groups in total. The molecule has 0 atom stereocenters. The summed E-state index contributed by atoms with van der Waals surface area (Å²) in [6.45, 7) is 11.5. The molecule has 15 rings (SSSR count). The lowest BCUT2D eigenvalue weighted by Crippen LogP contribution is -2.10. The van der Waals surface area contributed by atoms with E-state index in [0.717, 1.165) is 113 Å². The van der Waals surface area contributed by atoms with Gasteiger partial charge in [-0.2, -0.15) is 0 Å². The molecule has 0 saturated heterocycles. The Bertz CT molecular complexity index is 5090. The Hall–Kier alpha value is -13.6. The Balaban J connectivity index is 0.000000145. The smallest absolute Gasteiger partial charge is 0.125 e. The van der Waals surface area contributed by atoms with Crippen molar-refractivity contribution in [3.63, 3.8) is 0 Å². The average molecular weight is 1340 g/mol. The van der Waals surface area contributed by atoms with Crippen LogP contribution in [-0.2, 0) is 0 Å². The number of rotatable bonds is 20. The molecule has 0 bridgehead atoms. The minimum Gasteiger partial charge on any atom is -0.311 e. The fraction of sp³-hybridized carbons (Fsp3) is 0. The van der Waals surface area contributed by atoms with Crippen molar-refractivity contribution in [2.45, 2.75) is 0 Å². The fourth-order valence-corrected chi connectivity index (χ4v) is 12.4. The summed E-state index contributed by atoms with van der Waals surface area (Å²) in [5.74, 6) is -0.575. The second-order valence-electron chi connectivity index (χ2n) is 24.2. The Labute approximate surface area is 603 Å². The molecule has 7 heteroatoms. The zero-order valence-corrected chi connectivity index (χ0v) is 57.0. The van der Waals surface area contributed by atoms with Gasteiger partial charge in [0, 0.05) is 85.3 Å². The van der Waals surface area contributed by atoms with E-state index in [1.807, 2.05) is 131 Å². The summed E-state index contributed by atoms with van der Waals surface area (Å²) in [4.78, 5) is 10.9. The van der Waals surface area contributed by atoms with Crippen molar-refractivity contribution in [2.75, 3.05) is 24.5 Å². The molecule has 0 radical (unpaired) electrons. The zero-order valence-electron chi connectivity index (χ0n) is 57.0. The molecule has 103 heavy (non-hydrogen) atoms. The molecular formula is C96H75F2N5. The molecule has 0 amide bonds. The number of hydrogen-bond acceptors (Lipinski definition) is 5. The molecule has 0 aliphatic rings. The minimum absolute atomic E-state index is 0.283. The molecular weight excluding hydrogens is 1260 g/mol. The maximum absolute atomic E-state index is 14.2. The molecule has 0 heterocycles. The Morgan fingerprint density at radius 3 is 0.495 bits per heavy atom. The van der Waals surface area contributed by atoms with Crippen molar-refractivity contribution in [3.05, 3.63) is 448 Å². The van der Waals surface area contributed by atoms with Crippen LogP contribution in [0.5, 0.6) is 0 Å². The van der Waals surface area contributed by atoms with Crippen molar-refractivity contribution in [1.29, 1.82) is 0 Å². The van der Waals surface area contributed by atoms with Crippen LogP contribution in [0.1, 0.15) is 16.7 Å². The van der Waals surface area contributed by atoms with Gasteiger partial charge in [0.05, 0.1) is 0 Å². The van der Waals surface area contributed by atoms with Gasteiger partial charge in [0.15, 0.2) is 0 Å². The monoisotopic (exact) mass is 1340 g/mol. The lowest BCUT2D eigenvalue weighted by atomic mass is 10.0. The Morgan fingerprint density at radius 2 is 0.320 bits per heavy atom. The molecule has 5 nitrogen and oxygen atoms in total.